The zero-order valence-corrected chi connectivity index (χ0v) is 12.3. The predicted octanol–water partition coefficient (Wildman–Crippen LogP) is 0.693. The van der Waals surface area contributed by atoms with Crippen LogP contribution in [-0.4, -0.2) is 41.9 Å². The zero-order chi connectivity index (χ0) is 15.7. The molecule has 0 spiro atoms. The molecule has 0 aliphatic carbocycles. The molecule has 0 radical (unpaired) electrons. The van der Waals surface area contributed by atoms with Crippen LogP contribution in [0.5, 0.6) is 5.75 Å². The maximum Gasteiger partial charge on any atom is 0.322 e. The number of aliphatic carboxylic acids is 1. The van der Waals surface area contributed by atoms with E-state index in [1.165, 1.54) is 0 Å². The van der Waals surface area contributed by atoms with Gasteiger partial charge in [-0.2, -0.15) is 12.6 Å². The summed E-state index contributed by atoms with van der Waals surface area (Å²) in [4.78, 5) is 21.9. The van der Waals surface area contributed by atoms with Crippen LogP contribution in [0, 0.1) is 0 Å². The van der Waals surface area contributed by atoms with Crippen LogP contribution in [0.25, 0.3) is 0 Å². The third-order valence-electron chi connectivity index (χ3n) is 2.46. The molecule has 1 aromatic carbocycles. The van der Waals surface area contributed by atoms with Crippen molar-refractivity contribution in [3.63, 3.8) is 0 Å². The molecule has 0 saturated carbocycles. The quantitative estimate of drug-likeness (QED) is 0.418. The number of hydrogen-bond acceptors (Lipinski definition) is 5. The molecular weight excluding hydrogens is 292 g/mol. The number of carboxylic acid groups (broad SMARTS) is 1. The van der Waals surface area contributed by atoms with Crippen LogP contribution in [-0.2, 0) is 4.79 Å². The van der Waals surface area contributed by atoms with E-state index in [4.69, 9.17) is 15.6 Å². The molecule has 1 amide bonds. The van der Waals surface area contributed by atoms with Gasteiger partial charge in [-0.05, 0) is 30.3 Å². The molecule has 7 heteroatoms. The molecule has 0 aliphatic heterocycles. The molecular formula is C14H18N2O4S. The molecule has 0 aromatic heterocycles. The first-order chi connectivity index (χ1) is 10.0. The molecule has 0 aliphatic rings. The average Bonchev–Trinajstić information content (AvgIpc) is 2.49. The third kappa shape index (κ3) is 6.82. The summed E-state index contributed by atoms with van der Waals surface area (Å²) in [6, 6.07) is 6.31. The van der Waals surface area contributed by atoms with E-state index in [9.17, 15) is 9.59 Å². The number of carboxylic acids is 1. The number of thiol groups is 1. The summed E-state index contributed by atoms with van der Waals surface area (Å²) in [7, 11) is 0. The van der Waals surface area contributed by atoms with Gasteiger partial charge in [0.2, 0.25) is 0 Å². The highest BCUT2D eigenvalue weighted by Crippen LogP contribution is 2.12. The van der Waals surface area contributed by atoms with E-state index in [-0.39, 0.29) is 6.04 Å². The second kappa shape index (κ2) is 9.04. The number of nitrogens with one attached hydrogen (secondary N) is 1. The highest BCUT2D eigenvalue weighted by molar-refractivity contribution is 7.80. The van der Waals surface area contributed by atoms with E-state index >= 15 is 0 Å². The molecule has 6 nitrogen and oxygen atoms in total. The van der Waals surface area contributed by atoms with Crippen LogP contribution in [0.4, 0.5) is 0 Å². The number of amides is 1. The summed E-state index contributed by atoms with van der Waals surface area (Å²) in [5, 5.41) is 10.8. The number of ether oxygens (including phenoxy) is 1. The number of hydrogen-bond donors (Lipinski definition) is 4. The molecule has 1 rings (SSSR count). The molecule has 1 unspecified atom stereocenters. The van der Waals surface area contributed by atoms with Crippen LogP contribution >= 0.6 is 12.6 Å². The van der Waals surface area contributed by atoms with Crippen LogP contribution in [0.1, 0.15) is 10.4 Å². The van der Waals surface area contributed by atoms with Crippen molar-refractivity contribution in [3.05, 3.63) is 42.0 Å². The van der Waals surface area contributed by atoms with Gasteiger partial charge in [-0.1, -0.05) is 6.08 Å². The summed E-state index contributed by atoms with van der Waals surface area (Å²) >= 11 is 4.06. The van der Waals surface area contributed by atoms with Crippen LogP contribution in [0.3, 0.4) is 0 Å². The van der Waals surface area contributed by atoms with Gasteiger partial charge in [0.25, 0.3) is 5.91 Å². The van der Waals surface area contributed by atoms with Crippen molar-refractivity contribution >= 4 is 24.5 Å². The first-order valence-electron chi connectivity index (χ1n) is 6.29. The monoisotopic (exact) mass is 310 g/mol. The molecule has 4 N–H and O–H groups in total. The predicted molar refractivity (Wildman–Crippen MR) is 82.9 cm³/mol. The van der Waals surface area contributed by atoms with E-state index in [0.29, 0.717) is 23.7 Å². The van der Waals surface area contributed by atoms with Gasteiger partial charge in [0, 0.05) is 17.4 Å². The van der Waals surface area contributed by atoms with Crippen molar-refractivity contribution in [3.8, 4) is 5.75 Å². The maximum absolute atomic E-state index is 11.6. The second-order valence-corrected chi connectivity index (χ2v) is 4.55. The van der Waals surface area contributed by atoms with Crippen LogP contribution in [0.15, 0.2) is 36.4 Å². The Balaban J connectivity index is 2.45. The Kier molecular flexibility index (Phi) is 7.34. The van der Waals surface area contributed by atoms with E-state index in [1.807, 2.05) is 0 Å². The van der Waals surface area contributed by atoms with Crippen molar-refractivity contribution in [1.82, 2.24) is 5.32 Å². The molecule has 0 saturated heterocycles. The maximum atomic E-state index is 11.6. The fourth-order valence-electron chi connectivity index (χ4n) is 1.40. The standard InChI is InChI=1S/C14H18N2O4S/c15-11(9-21)2-1-7-20-12-5-3-10(4-6-12)14(19)16-8-13(17)18/h1-6,11,21H,7-9,15H2,(H,16,19)(H,17,18)/b2-1+. The van der Waals surface area contributed by atoms with Crippen molar-refractivity contribution in [2.45, 2.75) is 6.04 Å². The first-order valence-corrected chi connectivity index (χ1v) is 6.92. The summed E-state index contributed by atoms with van der Waals surface area (Å²) in [6.07, 6.45) is 3.61. The lowest BCUT2D eigenvalue weighted by Crippen LogP contribution is -2.29. The third-order valence-corrected chi connectivity index (χ3v) is 2.88. The van der Waals surface area contributed by atoms with Crippen LogP contribution < -0.4 is 15.8 Å². The molecule has 21 heavy (non-hydrogen) atoms. The number of nitrogens with two attached hydrogens (primary N) is 1. The highest BCUT2D eigenvalue weighted by Gasteiger charge is 2.06. The minimum atomic E-state index is -1.09. The van der Waals surface area contributed by atoms with E-state index in [0.717, 1.165) is 0 Å². The summed E-state index contributed by atoms with van der Waals surface area (Å²) in [5.74, 6) is -0.358. The number of benzene rings is 1. The van der Waals surface area contributed by atoms with Crippen LogP contribution in [0.2, 0.25) is 0 Å². The van der Waals surface area contributed by atoms with Gasteiger partial charge in [0.1, 0.15) is 18.9 Å². The van der Waals surface area contributed by atoms with Crippen molar-refractivity contribution in [1.29, 1.82) is 0 Å². The van der Waals surface area contributed by atoms with Crippen molar-refractivity contribution in [2.24, 2.45) is 5.73 Å². The summed E-state index contributed by atoms with van der Waals surface area (Å²) in [5.41, 5.74) is 6.02. The lowest BCUT2D eigenvalue weighted by Gasteiger charge is -2.06. The van der Waals surface area contributed by atoms with Gasteiger partial charge >= 0.3 is 5.97 Å². The van der Waals surface area contributed by atoms with Gasteiger partial charge < -0.3 is 20.9 Å². The minimum Gasteiger partial charge on any atom is -0.490 e. The summed E-state index contributed by atoms with van der Waals surface area (Å²) < 4.78 is 5.44. The zero-order valence-electron chi connectivity index (χ0n) is 11.4. The van der Waals surface area contributed by atoms with Crippen molar-refractivity contribution < 1.29 is 19.4 Å². The largest absolute Gasteiger partial charge is 0.490 e. The Hall–Kier alpha value is -1.99. The van der Waals surface area contributed by atoms with E-state index in [2.05, 4.69) is 17.9 Å². The van der Waals surface area contributed by atoms with Crippen molar-refractivity contribution in [2.75, 3.05) is 18.9 Å². The molecule has 114 valence electrons. The Morgan fingerprint density at radius 2 is 2.05 bits per heavy atom. The Morgan fingerprint density at radius 1 is 1.38 bits per heavy atom. The fraction of sp³-hybridized carbons (Fsp3) is 0.286. The highest BCUT2D eigenvalue weighted by atomic mass is 32.1. The smallest absolute Gasteiger partial charge is 0.322 e. The lowest BCUT2D eigenvalue weighted by atomic mass is 10.2. The number of rotatable bonds is 8. The number of carbonyl (C=O) groups is 2. The average molecular weight is 310 g/mol. The number of carbonyl (C=O) groups excluding carboxylic acids is 1. The molecule has 0 heterocycles. The van der Waals surface area contributed by atoms with Gasteiger partial charge in [-0.3, -0.25) is 9.59 Å². The normalized spacial score (nSPS) is 12.1. The Labute approximate surface area is 128 Å². The van der Waals surface area contributed by atoms with Gasteiger partial charge in [-0.25, -0.2) is 0 Å². The molecule has 0 fully saturated rings. The van der Waals surface area contributed by atoms with E-state index in [1.54, 1.807) is 36.4 Å². The Bertz CT molecular complexity index is 502. The topological polar surface area (TPSA) is 102 Å². The minimum absolute atomic E-state index is 0.0998. The molecule has 1 aromatic rings. The lowest BCUT2D eigenvalue weighted by molar-refractivity contribution is -0.135. The SMILES string of the molecule is NC(/C=C/COc1ccc(C(=O)NCC(=O)O)cc1)CS. The molecule has 1 atom stereocenters. The Morgan fingerprint density at radius 3 is 2.62 bits per heavy atom. The van der Waals surface area contributed by atoms with Gasteiger partial charge in [0.05, 0.1) is 0 Å². The first kappa shape index (κ1) is 17.1. The van der Waals surface area contributed by atoms with E-state index < -0.39 is 18.4 Å². The van der Waals surface area contributed by atoms with Gasteiger partial charge in [0.15, 0.2) is 0 Å². The van der Waals surface area contributed by atoms with Gasteiger partial charge in [-0.15, -0.1) is 0 Å². The fourth-order valence-corrected chi connectivity index (χ4v) is 1.52. The molecule has 0 bridgehead atoms. The second-order valence-electron chi connectivity index (χ2n) is 4.19. The summed E-state index contributed by atoms with van der Waals surface area (Å²) in [6.45, 7) is -0.0423.